The smallest absolute Gasteiger partial charge is 0.374 e. The molecule has 130 valence electrons. The summed E-state index contributed by atoms with van der Waals surface area (Å²) in [6.07, 6.45) is 0. The molecule has 8 heteroatoms. The number of carbonyl (C=O) groups is 1. The maximum atomic E-state index is 12.2. The third kappa shape index (κ3) is 3.16. The molecule has 4 aromatic rings. The molecule has 2 heterocycles. The first-order valence-electron chi connectivity index (χ1n) is 7.54. The lowest BCUT2D eigenvalue weighted by atomic mass is 10.2. The zero-order valence-corrected chi connectivity index (χ0v) is 14.6. The van der Waals surface area contributed by atoms with E-state index >= 15 is 0 Å². The number of halogens is 2. The first-order valence-corrected chi connectivity index (χ1v) is 8.30. The molecule has 26 heavy (non-hydrogen) atoms. The number of hydrogen-bond donors (Lipinski definition) is 1. The van der Waals surface area contributed by atoms with Gasteiger partial charge >= 0.3 is 5.97 Å². The van der Waals surface area contributed by atoms with Gasteiger partial charge in [0, 0.05) is 15.4 Å². The quantitative estimate of drug-likeness (QED) is 0.527. The zero-order chi connectivity index (χ0) is 18.3. The molecular weight excluding hydrogens is 379 g/mol. The Morgan fingerprint density at radius 3 is 2.73 bits per heavy atom. The molecule has 0 fully saturated rings. The number of hydrogen-bond acceptors (Lipinski definition) is 5. The summed E-state index contributed by atoms with van der Waals surface area (Å²) in [6, 6.07) is 11.3. The Morgan fingerprint density at radius 1 is 1.12 bits per heavy atom. The first kappa shape index (κ1) is 16.6. The highest BCUT2D eigenvalue weighted by Gasteiger charge is 2.15. The van der Waals surface area contributed by atoms with Gasteiger partial charge in [0.25, 0.3) is 5.56 Å². The van der Waals surface area contributed by atoms with Crippen molar-refractivity contribution in [3.8, 4) is 0 Å². The third-order valence-electron chi connectivity index (χ3n) is 3.74. The fourth-order valence-corrected chi connectivity index (χ4v) is 2.90. The summed E-state index contributed by atoms with van der Waals surface area (Å²) < 4.78 is 10.6. The molecule has 1 N–H and O–H groups in total. The van der Waals surface area contributed by atoms with Crippen LogP contribution in [0.2, 0.25) is 10.0 Å². The summed E-state index contributed by atoms with van der Waals surface area (Å²) >= 11 is 11.8. The number of fused-ring (bicyclic) bond motifs is 2. The molecule has 0 bridgehead atoms. The van der Waals surface area contributed by atoms with Gasteiger partial charge in [-0.25, -0.2) is 9.78 Å². The molecular formula is C18H10Cl2N2O4. The highest BCUT2D eigenvalue weighted by atomic mass is 35.5. The van der Waals surface area contributed by atoms with Crippen molar-refractivity contribution < 1.29 is 13.9 Å². The van der Waals surface area contributed by atoms with E-state index in [1.807, 2.05) is 0 Å². The predicted octanol–water partition coefficient (Wildman–Crippen LogP) is 4.33. The SMILES string of the molecule is O=C(OCc1nc2ccc(Cl)cc2c(=O)[nH]1)c1cc2cc(Cl)ccc2o1. The van der Waals surface area contributed by atoms with Gasteiger partial charge in [-0.1, -0.05) is 23.2 Å². The molecule has 0 aliphatic rings. The van der Waals surface area contributed by atoms with Crippen LogP contribution in [0.15, 0.2) is 51.7 Å². The van der Waals surface area contributed by atoms with Crippen LogP contribution in [0.5, 0.6) is 0 Å². The van der Waals surface area contributed by atoms with Gasteiger partial charge in [-0.05, 0) is 42.5 Å². The van der Waals surface area contributed by atoms with Crippen LogP contribution >= 0.6 is 23.2 Å². The maximum absolute atomic E-state index is 12.2. The van der Waals surface area contributed by atoms with Crippen molar-refractivity contribution in [2.75, 3.05) is 0 Å². The molecule has 0 unspecified atom stereocenters. The average molecular weight is 389 g/mol. The molecule has 0 aliphatic heterocycles. The van der Waals surface area contributed by atoms with Crippen LogP contribution in [-0.2, 0) is 11.3 Å². The summed E-state index contributed by atoms with van der Waals surface area (Å²) in [6.45, 7) is -0.204. The normalized spacial score (nSPS) is 11.2. The van der Waals surface area contributed by atoms with Crippen LogP contribution in [0.4, 0.5) is 0 Å². The third-order valence-corrected chi connectivity index (χ3v) is 4.21. The van der Waals surface area contributed by atoms with Crippen LogP contribution in [0.3, 0.4) is 0 Å². The summed E-state index contributed by atoms with van der Waals surface area (Å²) in [5, 5.41) is 2.03. The van der Waals surface area contributed by atoms with Gasteiger partial charge in [0.15, 0.2) is 0 Å². The molecule has 2 aromatic carbocycles. The monoisotopic (exact) mass is 388 g/mol. The van der Waals surface area contributed by atoms with Crippen LogP contribution in [0.25, 0.3) is 21.9 Å². The Balaban J connectivity index is 1.56. The Bertz CT molecular complexity index is 1210. The van der Waals surface area contributed by atoms with E-state index in [-0.39, 0.29) is 23.8 Å². The Kier molecular flexibility index (Phi) is 4.14. The number of H-pyrrole nitrogens is 1. The number of nitrogens with one attached hydrogen (secondary N) is 1. The molecule has 0 radical (unpaired) electrons. The van der Waals surface area contributed by atoms with E-state index in [0.29, 0.717) is 31.9 Å². The maximum Gasteiger partial charge on any atom is 0.374 e. The standard InChI is InChI=1S/C18H10Cl2N2O4/c19-10-2-4-14-9(5-10)6-15(26-14)18(24)25-8-16-21-13-3-1-11(20)7-12(13)17(23)22-16/h1-7H,8H2,(H,21,22,23). The second-order valence-electron chi connectivity index (χ2n) is 5.54. The van der Waals surface area contributed by atoms with Crippen molar-refractivity contribution in [2.45, 2.75) is 6.61 Å². The number of aromatic nitrogens is 2. The van der Waals surface area contributed by atoms with E-state index in [4.69, 9.17) is 32.4 Å². The van der Waals surface area contributed by atoms with E-state index in [9.17, 15) is 9.59 Å². The van der Waals surface area contributed by atoms with Crippen molar-refractivity contribution in [1.82, 2.24) is 9.97 Å². The van der Waals surface area contributed by atoms with Crippen LogP contribution in [0, 0.1) is 0 Å². The Labute approximate surface area is 156 Å². The Morgan fingerprint density at radius 2 is 1.88 bits per heavy atom. The van der Waals surface area contributed by atoms with Gasteiger partial charge in [0.1, 0.15) is 18.0 Å². The second-order valence-corrected chi connectivity index (χ2v) is 6.42. The molecule has 0 aliphatic carbocycles. The average Bonchev–Trinajstić information content (AvgIpc) is 3.03. The van der Waals surface area contributed by atoms with E-state index in [0.717, 1.165) is 0 Å². The molecule has 0 saturated heterocycles. The summed E-state index contributed by atoms with van der Waals surface area (Å²) in [5.74, 6) is -0.411. The van der Waals surface area contributed by atoms with E-state index in [1.165, 1.54) is 6.07 Å². The Hall–Kier alpha value is -2.83. The highest BCUT2D eigenvalue weighted by molar-refractivity contribution is 6.31. The number of esters is 1. The van der Waals surface area contributed by atoms with Crippen molar-refractivity contribution >= 4 is 51.0 Å². The van der Waals surface area contributed by atoms with Crippen LogP contribution in [-0.4, -0.2) is 15.9 Å². The van der Waals surface area contributed by atoms with Gasteiger partial charge in [0.05, 0.1) is 10.9 Å². The fraction of sp³-hybridized carbons (Fsp3) is 0.0556. The van der Waals surface area contributed by atoms with Gasteiger partial charge < -0.3 is 14.1 Å². The largest absolute Gasteiger partial charge is 0.452 e. The van der Waals surface area contributed by atoms with Crippen molar-refractivity contribution in [2.24, 2.45) is 0 Å². The number of carbonyl (C=O) groups excluding carboxylic acids is 1. The molecule has 4 rings (SSSR count). The first-order chi connectivity index (χ1) is 12.5. The molecule has 0 spiro atoms. The molecule has 2 aromatic heterocycles. The highest BCUT2D eigenvalue weighted by Crippen LogP contribution is 2.23. The van der Waals surface area contributed by atoms with Gasteiger partial charge in [0.2, 0.25) is 5.76 Å². The second kappa shape index (κ2) is 6.48. The van der Waals surface area contributed by atoms with Gasteiger partial charge in [-0.2, -0.15) is 0 Å². The number of rotatable bonds is 3. The zero-order valence-electron chi connectivity index (χ0n) is 13.1. The van der Waals surface area contributed by atoms with E-state index in [1.54, 1.807) is 36.4 Å². The summed E-state index contributed by atoms with van der Waals surface area (Å²) in [7, 11) is 0. The summed E-state index contributed by atoms with van der Waals surface area (Å²) in [5.41, 5.74) is 0.625. The lowest BCUT2D eigenvalue weighted by Gasteiger charge is -2.04. The number of furan rings is 1. The minimum absolute atomic E-state index is 0.0391. The van der Waals surface area contributed by atoms with Gasteiger partial charge in [-0.3, -0.25) is 4.79 Å². The van der Waals surface area contributed by atoms with E-state index < -0.39 is 5.97 Å². The fourth-order valence-electron chi connectivity index (χ4n) is 2.55. The predicted molar refractivity (Wildman–Crippen MR) is 97.7 cm³/mol. The number of aromatic amines is 1. The lowest BCUT2D eigenvalue weighted by Crippen LogP contribution is -2.14. The number of ether oxygens (including phenoxy) is 1. The van der Waals surface area contributed by atoms with Crippen molar-refractivity contribution in [3.63, 3.8) is 0 Å². The van der Waals surface area contributed by atoms with Crippen molar-refractivity contribution in [3.05, 3.63) is 74.4 Å². The molecule has 0 amide bonds. The van der Waals surface area contributed by atoms with Crippen molar-refractivity contribution in [1.29, 1.82) is 0 Å². The summed E-state index contributed by atoms with van der Waals surface area (Å²) in [4.78, 5) is 31.1. The molecule has 6 nitrogen and oxygen atoms in total. The molecule has 0 saturated carbocycles. The molecule has 0 atom stereocenters. The van der Waals surface area contributed by atoms with E-state index in [2.05, 4.69) is 9.97 Å². The minimum Gasteiger partial charge on any atom is -0.452 e. The van der Waals surface area contributed by atoms with Gasteiger partial charge in [-0.15, -0.1) is 0 Å². The topological polar surface area (TPSA) is 85.2 Å². The number of benzene rings is 2. The van der Waals surface area contributed by atoms with Crippen LogP contribution < -0.4 is 5.56 Å². The number of nitrogens with zero attached hydrogens (tertiary/aromatic N) is 1. The van der Waals surface area contributed by atoms with Crippen LogP contribution in [0.1, 0.15) is 16.4 Å². The lowest BCUT2D eigenvalue weighted by molar-refractivity contribution is 0.0428. The minimum atomic E-state index is -0.670.